The predicted molar refractivity (Wildman–Crippen MR) is 67.7 cm³/mol. The summed E-state index contributed by atoms with van der Waals surface area (Å²) in [6.07, 6.45) is 2.19. The van der Waals surface area contributed by atoms with Gasteiger partial charge in [0.05, 0.1) is 5.25 Å². The molecule has 1 aromatic heterocycles. The van der Waals surface area contributed by atoms with Crippen LogP contribution in [0, 0.1) is 6.92 Å². The summed E-state index contributed by atoms with van der Waals surface area (Å²) in [4.78, 5) is 20.1. The van der Waals surface area contributed by atoms with Gasteiger partial charge in [-0.15, -0.1) is 0 Å². The fourth-order valence-corrected chi connectivity index (χ4v) is 2.22. The zero-order valence-corrected chi connectivity index (χ0v) is 10.8. The molecule has 1 unspecified atom stereocenters. The average Bonchev–Trinajstić information content (AvgIpc) is 2.99. The van der Waals surface area contributed by atoms with E-state index in [-0.39, 0.29) is 11.2 Å². The molecule has 17 heavy (non-hydrogen) atoms. The third-order valence-electron chi connectivity index (χ3n) is 2.43. The lowest BCUT2D eigenvalue weighted by Gasteiger charge is -2.10. The molecule has 0 aromatic carbocycles. The number of thioether (sulfide) groups is 1. The topological polar surface area (TPSA) is 80.9 Å². The fourth-order valence-electron chi connectivity index (χ4n) is 1.38. The molecule has 1 saturated carbocycles. The molecule has 0 bridgehead atoms. The largest absolute Gasteiger partial charge is 0.384 e. The number of aromatic nitrogens is 2. The maximum Gasteiger partial charge on any atom is 0.233 e. The minimum atomic E-state index is -0.197. The summed E-state index contributed by atoms with van der Waals surface area (Å²) in [7, 11) is 0. The highest BCUT2D eigenvalue weighted by atomic mass is 32.2. The van der Waals surface area contributed by atoms with Gasteiger partial charge in [0.25, 0.3) is 0 Å². The second-order valence-electron chi connectivity index (χ2n) is 4.26. The molecule has 1 heterocycles. The number of carbonyl (C=O) groups is 1. The number of anilines is 1. The molecule has 1 aromatic rings. The number of hydrogen-bond donors (Lipinski definition) is 2. The van der Waals surface area contributed by atoms with E-state index in [9.17, 15) is 4.79 Å². The summed E-state index contributed by atoms with van der Waals surface area (Å²) in [6, 6.07) is 2.09. The van der Waals surface area contributed by atoms with Crippen molar-refractivity contribution in [2.24, 2.45) is 0 Å². The number of aryl methyl sites for hydroxylation is 1. The van der Waals surface area contributed by atoms with Gasteiger partial charge >= 0.3 is 0 Å². The maximum absolute atomic E-state index is 11.7. The van der Waals surface area contributed by atoms with E-state index in [0.29, 0.717) is 17.0 Å². The van der Waals surface area contributed by atoms with Crippen LogP contribution in [0.4, 0.5) is 5.82 Å². The number of nitrogens with zero attached hydrogens (tertiary/aromatic N) is 2. The summed E-state index contributed by atoms with van der Waals surface area (Å²) in [6.45, 7) is 3.71. The Morgan fingerprint density at radius 3 is 2.88 bits per heavy atom. The molecular formula is C11H16N4OS. The van der Waals surface area contributed by atoms with E-state index in [0.717, 1.165) is 18.5 Å². The van der Waals surface area contributed by atoms with Crippen LogP contribution in [0.2, 0.25) is 0 Å². The first-order chi connectivity index (χ1) is 8.04. The SMILES string of the molecule is Cc1cc(N)nc(SC(C)C(=O)NC2CC2)n1. The summed E-state index contributed by atoms with van der Waals surface area (Å²) < 4.78 is 0. The Labute approximate surface area is 105 Å². The van der Waals surface area contributed by atoms with Gasteiger partial charge in [-0.05, 0) is 26.7 Å². The van der Waals surface area contributed by atoms with E-state index in [4.69, 9.17) is 5.73 Å². The number of rotatable bonds is 4. The standard InChI is InChI=1S/C11H16N4OS/c1-6-5-9(12)15-11(13-6)17-7(2)10(16)14-8-3-4-8/h5,7-8H,3-4H2,1-2H3,(H,14,16)(H2,12,13,15). The van der Waals surface area contributed by atoms with Gasteiger partial charge in [0.15, 0.2) is 5.16 Å². The van der Waals surface area contributed by atoms with Crippen LogP contribution in [-0.2, 0) is 4.79 Å². The second-order valence-corrected chi connectivity index (χ2v) is 5.57. The van der Waals surface area contributed by atoms with E-state index in [1.54, 1.807) is 6.07 Å². The van der Waals surface area contributed by atoms with Crippen molar-refractivity contribution in [1.82, 2.24) is 15.3 Å². The monoisotopic (exact) mass is 252 g/mol. The van der Waals surface area contributed by atoms with Gasteiger partial charge in [-0.3, -0.25) is 4.79 Å². The Balaban J connectivity index is 1.96. The van der Waals surface area contributed by atoms with Crippen molar-refractivity contribution >= 4 is 23.5 Å². The molecule has 0 saturated heterocycles. The summed E-state index contributed by atoms with van der Waals surface area (Å²) >= 11 is 1.34. The van der Waals surface area contributed by atoms with Crippen molar-refractivity contribution in [3.63, 3.8) is 0 Å². The van der Waals surface area contributed by atoms with Gasteiger partial charge in [-0.1, -0.05) is 11.8 Å². The average molecular weight is 252 g/mol. The third-order valence-corrected chi connectivity index (χ3v) is 3.39. The normalized spacial score (nSPS) is 16.6. The predicted octanol–water partition coefficient (Wildman–Crippen LogP) is 1.13. The van der Waals surface area contributed by atoms with E-state index in [1.807, 2.05) is 13.8 Å². The summed E-state index contributed by atoms with van der Waals surface area (Å²) in [5.74, 6) is 0.482. The third kappa shape index (κ3) is 3.59. The van der Waals surface area contributed by atoms with Gasteiger partial charge in [-0.2, -0.15) is 0 Å². The molecule has 1 aliphatic carbocycles. The van der Waals surface area contributed by atoms with Crippen LogP contribution in [0.15, 0.2) is 11.2 Å². The molecule has 0 aliphatic heterocycles. The lowest BCUT2D eigenvalue weighted by atomic mass is 10.4. The van der Waals surface area contributed by atoms with Crippen molar-refractivity contribution in [2.75, 3.05) is 5.73 Å². The molecule has 5 nitrogen and oxygen atoms in total. The Hall–Kier alpha value is -1.30. The number of nitrogens with two attached hydrogens (primary N) is 1. The van der Waals surface area contributed by atoms with Gasteiger partial charge < -0.3 is 11.1 Å². The minimum Gasteiger partial charge on any atom is -0.384 e. The van der Waals surface area contributed by atoms with E-state index in [2.05, 4.69) is 15.3 Å². The molecule has 2 rings (SSSR count). The Morgan fingerprint density at radius 2 is 2.29 bits per heavy atom. The van der Waals surface area contributed by atoms with Crippen LogP contribution in [0.25, 0.3) is 0 Å². The zero-order chi connectivity index (χ0) is 12.4. The second kappa shape index (κ2) is 4.91. The molecule has 1 fully saturated rings. The quantitative estimate of drug-likeness (QED) is 0.620. The minimum absolute atomic E-state index is 0.0428. The van der Waals surface area contributed by atoms with Crippen LogP contribution in [0.5, 0.6) is 0 Å². The zero-order valence-electron chi connectivity index (χ0n) is 9.93. The fraction of sp³-hybridized carbons (Fsp3) is 0.545. The van der Waals surface area contributed by atoms with Crippen LogP contribution in [-0.4, -0.2) is 27.2 Å². The summed E-state index contributed by atoms with van der Waals surface area (Å²) in [5.41, 5.74) is 6.45. The van der Waals surface area contributed by atoms with Crippen LogP contribution in [0.1, 0.15) is 25.5 Å². The molecular weight excluding hydrogens is 236 g/mol. The van der Waals surface area contributed by atoms with Gasteiger partial charge in [-0.25, -0.2) is 9.97 Å². The van der Waals surface area contributed by atoms with Crippen molar-refractivity contribution in [1.29, 1.82) is 0 Å². The van der Waals surface area contributed by atoms with Crippen molar-refractivity contribution in [3.8, 4) is 0 Å². The van der Waals surface area contributed by atoms with E-state index in [1.165, 1.54) is 11.8 Å². The Kier molecular flexibility index (Phi) is 3.51. The van der Waals surface area contributed by atoms with Crippen molar-refractivity contribution in [2.45, 2.75) is 43.1 Å². The number of nitrogens with one attached hydrogen (secondary N) is 1. The first-order valence-electron chi connectivity index (χ1n) is 5.63. The molecule has 92 valence electrons. The smallest absolute Gasteiger partial charge is 0.233 e. The highest BCUT2D eigenvalue weighted by molar-refractivity contribution is 8.00. The Bertz CT molecular complexity index is 413. The van der Waals surface area contributed by atoms with Crippen molar-refractivity contribution in [3.05, 3.63) is 11.8 Å². The lowest BCUT2D eigenvalue weighted by Crippen LogP contribution is -2.32. The molecule has 0 spiro atoms. The van der Waals surface area contributed by atoms with Gasteiger partial charge in [0.1, 0.15) is 5.82 Å². The van der Waals surface area contributed by atoms with Crippen molar-refractivity contribution < 1.29 is 4.79 Å². The molecule has 1 atom stereocenters. The Morgan fingerprint density at radius 1 is 1.59 bits per heavy atom. The highest BCUT2D eigenvalue weighted by Gasteiger charge is 2.26. The van der Waals surface area contributed by atoms with Crippen LogP contribution in [0.3, 0.4) is 0 Å². The lowest BCUT2D eigenvalue weighted by molar-refractivity contribution is -0.120. The molecule has 1 aliphatic rings. The number of amides is 1. The van der Waals surface area contributed by atoms with E-state index < -0.39 is 0 Å². The maximum atomic E-state index is 11.7. The number of hydrogen-bond acceptors (Lipinski definition) is 5. The first kappa shape index (κ1) is 12.2. The molecule has 0 radical (unpaired) electrons. The van der Waals surface area contributed by atoms with E-state index >= 15 is 0 Å². The molecule has 1 amide bonds. The number of nitrogen functional groups attached to an aromatic ring is 1. The van der Waals surface area contributed by atoms with Crippen LogP contribution >= 0.6 is 11.8 Å². The molecule has 3 N–H and O–H groups in total. The highest BCUT2D eigenvalue weighted by Crippen LogP contribution is 2.23. The van der Waals surface area contributed by atoms with Gasteiger partial charge in [0.2, 0.25) is 5.91 Å². The first-order valence-corrected chi connectivity index (χ1v) is 6.51. The van der Waals surface area contributed by atoms with Gasteiger partial charge in [0, 0.05) is 17.8 Å². The molecule has 6 heteroatoms. The van der Waals surface area contributed by atoms with Crippen LogP contribution < -0.4 is 11.1 Å². The number of carbonyl (C=O) groups excluding carboxylic acids is 1. The summed E-state index contributed by atoms with van der Waals surface area (Å²) in [5, 5.41) is 3.32.